The van der Waals surface area contributed by atoms with Gasteiger partial charge in [-0.25, -0.2) is 15.0 Å². The Balaban J connectivity index is 1.91. The molecule has 114 valence electrons. The van der Waals surface area contributed by atoms with Crippen molar-refractivity contribution in [3.05, 3.63) is 61.2 Å². The largest absolute Gasteiger partial charge is 0.334 e. The SMILES string of the molecule is C=C/C=C(\N=C)c1ccnc(Nc2ccc3c(c2)ncn3C)n1. The summed E-state index contributed by atoms with van der Waals surface area (Å²) >= 11 is 0. The van der Waals surface area contributed by atoms with E-state index >= 15 is 0 Å². The van der Waals surface area contributed by atoms with Crippen LogP contribution >= 0.6 is 0 Å². The van der Waals surface area contributed by atoms with Crippen molar-refractivity contribution < 1.29 is 0 Å². The number of aliphatic imine (C=N–C) groups is 1. The summed E-state index contributed by atoms with van der Waals surface area (Å²) in [5.41, 5.74) is 4.17. The van der Waals surface area contributed by atoms with Crippen molar-refractivity contribution in [2.24, 2.45) is 12.0 Å². The van der Waals surface area contributed by atoms with Crippen molar-refractivity contribution in [3.63, 3.8) is 0 Å². The molecule has 1 aromatic carbocycles. The van der Waals surface area contributed by atoms with Crippen molar-refractivity contribution in [1.29, 1.82) is 0 Å². The first-order valence-electron chi connectivity index (χ1n) is 7.02. The number of aromatic nitrogens is 4. The fourth-order valence-corrected chi connectivity index (χ4v) is 2.24. The molecule has 3 aromatic rings. The number of anilines is 2. The highest BCUT2D eigenvalue weighted by atomic mass is 15.1. The zero-order chi connectivity index (χ0) is 16.2. The van der Waals surface area contributed by atoms with Gasteiger partial charge in [0.25, 0.3) is 0 Å². The minimum atomic E-state index is 0.483. The Hall–Kier alpha value is -3.28. The van der Waals surface area contributed by atoms with E-state index in [1.165, 1.54) is 0 Å². The zero-order valence-corrected chi connectivity index (χ0v) is 12.8. The topological polar surface area (TPSA) is 68.0 Å². The molecule has 0 aliphatic heterocycles. The number of nitrogens with one attached hydrogen (secondary N) is 1. The van der Waals surface area contributed by atoms with Gasteiger partial charge >= 0.3 is 0 Å². The third-order valence-electron chi connectivity index (χ3n) is 3.35. The molecular formula is C17H16N6. The molecule has 0 fully saturated rings. The lowest BCUT2D eigenvalue weighted by atomic mass is 10.2. The maximum absolute atomic E-state index is 4.45. The summed E-state index contributed by atoms with van der Waals surface area (Å²) in [5, 5.41) is 3.18. The third kappa shape index (κ3) is 3.01. The molecule has 2 aromatic heterocycles. The van der Waals surface area contributed by atoms with Gasteiger partial charge in [0, 0.05) is 18.9 Å². The van der Waals surface area contributed by atoms with Crippen LogP contribution in [0.25, 0.3) is 16.7 Å². The minimum absolute atomic E-state index is 0.483. The molecule has 23 heavy (non-hydrogen) atoms. The molecule has 0 unspecified atom stereocenters. The number of fused-ring (bicyclic) bond motifs is 1. The van der Waals surface area contributed by atoms with Crippen molar-refractivity contribution in [3.8, 4) is 0 Å². The molecule has 0 spiro atoms. The summed E-state index contributed by atoms with van der Waals surface area (Å²) in [4.78, 5) is 17.0. The summed E-state index contributed by atoms with van der Waals surface area (Å²) in [7, 11) is 1.96. The average molecular weight is 304 g/mol. The Labute approximate surface area is 134 Å². The first kappa shape index (κ1) is 14.6. The highest BCUT2D eigenvalue weighted by Gasteiger charge is 2.05. The first-order valence-corrected chi connectivity index (χ1v) is 7.02. The number of benzene rings is 1. The number of hydrogen-bond donors (Lipinski definition) is 1. The van der Waals surface area contributed by atoms with Crippen LogP contribution in [-0.2, 0) is 7.05 Å². The van der Waals surface area contributed by atoms with E-state index in [1.54, 1.807) is 30.7 Å². The minimum Gasteiger partial charge on any atom is -0.334 e. The molecule has 0 saturated heterocycles. The molecule has 1 N–H and O–H groups in total. The number of hydrogen-bond acceptors (Lipinski definition) is 5. The first-order chi connectivity index (χ1) is 11.2. The van der Waals surface area contributed by atoms with Crippen molar-refractivity contribution in [1.82, 2.24) is 19.5 Å². The molecule has 0 aliphatic rings. The van der Waals surface area contributed by atoms with Crippen LogP contribution in [-0.4, -0.2) is 26.2 Å². The van der Waals surface area contributed by atoms with Gasteiger partial charge in [0.05, 0.1) is 28.8 Å². The normalized spacial score (nSPS) is 11.4. The van der Waals surface area contributed by atoms with E-state index in [1.807, 2.05) is 29.8 Å². The predicted octanol–water partition coefficient (Wildman–Crippen LogP) is 3.33. The molecule has 6 heteroatoms. The second-order valence-corrected chi connectivity index (χ2v) is 4.90. The second-order valence-electron chi connectivity index (χ2n) is 4.90. The monoisotopic (exact) mass is 304 g/mol. The Morgan fingerprint density at radius 3 is 2.96 bits per heavy atom. The van der Waals surface area contributed by atoms with Crippen molar-refractivity contribution >= 4 is 35.1 Å². The lowest BCUT2D eigenvalue weighted by Crippen LogP contribution is -1.99. The van der Waals surface area contributed by atoms with E-state index in [0.29, 0.717) is 17.3 Å². The maximum atomic E-state index is 4.45. The van der Waals surface area contributed by atoms with E-state index < -0.39 is 0 Å². The average Bonchev–Trinajstić information content (AvgIpc) is 2.93. The van der Waals surface area contributed by atoms with Gasteiger partial charge in [-0.1, -0.05) is 12.7 Å². The van der Waals surface area contributed by atoms with Gasteiger partial charge in [-0.05, 0) is 37.1 Å². The van der Waals surface area contributed by atoms with Crippen LogP contribution in [0.2, 0.25) is 0 Å². The highest BCUT2D eigenvalue weighted by Crippen LogP contribution is 2.21. The summed E-state index contributed by atoms with van der Waals surface area (Å²) in [5.74, 6) is 0.483. The van der Waals surface area contributed by atoms with Crippen molar-refractivity contribution in [2.45, 2.75) is 0 Å². The molecule has 0 saturated carbocycles. The van der Waals surface area contributed by atoms with Gasteiger partial charge in [0.1, 0.15) is 0 Å². The molecule has 0 atom stereocenters. The van der Waals surface area contributed by atoms with Crippen LogP contribution in [0.5, 0.6) is 0 Å². The zero-order valence-electron chi connectivity index (χ0n) is 12.8. The Morgan fingerprint density at radius 1 is 1.30 bits per heavy atom. The van der Waals surface area contributed by atoms with Crippen LogP contribution in [0.15, 0.2) is 60.5 Å². The lowest BCUT2D eigenvalue weighted by Gasteiger charge is -2.07. The van der Waals surface area contributed by atoms with Crippen LogP contribution in [0.4, 0.5) is 11.6 Å². The van der Waals surface area contributed by atoms with Crippen molar-refractivity contribution in [2.75, 3.05) is 5.32 Å². The Morgan fingerprint density at radius 2 is 2.17 bits per heavy atom. The van der Waals surface area contributed by atoms with Crippen LogP contribution in [0.1, 0.15) is 5.69 Å². The maximum Gasteiger partial charge on any atom is 0.227 e. The van der Waals surface area contributed by atoms with Gasteiger partial charge < -0.3 is 9.88 Å². The molecule has 0 amide bonds. The number of imidazole rings is 1. The Bertz CT molecular complexity index is 906. The molecule has 0 aliphatic carbocycles. The summed E-state index contributed by atoms with van der Waals surface area (Å²) in [6, 6.07) is 7.70. The molecule has 0 bridgehead atoms. The molecule has 3 rings (SSSR count). The number of rotatable bonds is 5. The van der Waals surface area contributed by atoms with E-state index in [9.17, 15) is 0 Å². The Kier molecular flexibility index (Phi) is 3.97. The molecule has 0 radical (unpaired) electrons. The molecule has 6 nitrogen and oxygen atoms in total. The second kappa shape index (κ2) is 6.23. The lowest BCUT2D eigenvalue weighted by molar-refractivity contribution is 0.948. The van der Waals surface area contributed by atoms with E-state index in [0.717, 1.165) is 16.7 Å². The third-order valence-corrected chi connectivity index (χ3v) is 3.35. The molecular weight excluding hydrogens is 288 g/mol. The molecule has 2 heterocycles. The van der Waals surface area contributed by atoms with Gasteiger partial charge in [-0.15, -0.1) is 0 Å². The number of aryl methyl sites for hydroxylation is 1. The highest BCUT2D eigenvalue weighted by molar-refractivity contribution is 5.80. The van der Waals surface area contributed by atoms with E-state index in [2.05, 4.69) is 38.6 Å². The fraction of sp³-hybridized carbons (Fsp3) is 0.0588. The van der Waals surface area contributed by atoms with Gasteiger partial charge in [-0.3, -0.25) is 4.99 Å². The summed E-state index contributed by atoms with van der Waals surface area (Å²) in [6.45, 7) is 7.21. The smallest absolute Gasteiger partial charge is 0.227 e. The number of allylic oxidation sites excluding steroid dienone is 2. The quantitative estimate of drug-likeness (QED) is 0.580. The standard InChI is InChI=1S/C17H16N6/c1-4-5-13(18-2)14-8-9-19-17(22-14)21-12-6-7-16-15(10-12)20-11-23(16)3/h4-11H,1-2H2,3H3,(H,19,21,22)/b13-5-. The van der Waals surface area contributed by atoms with Crippen LogP contribution in [0, 0.1) is 0 Å². The summed E-state index contributed by atoms with van der Waals surface area (Å²) < 4.78 is 1.97. The fourth-order valence-electron chi connectivity index (χ4n) is 2.24. The van der Waals surface area contributed by atoms with Crippen LogP contribution < -0.4 is 5.32 Å². The van der Waals surface area contributed by atoms with E-state index in [-0.39, 0.29) is 0 Å². The predicted molar refractivity (Wildman–Crippen MR) is 93.8 cm³/mol. The van der Waals surface area contributed by atoms with E-state index in [4.69, 9.17) is 0 Å². The number of nitrogens with zero attached hydrogens (tertiary/aromatic N) is 5. The van der Waals surface area contributed by atoms with Gasteiger partial charge in [0.2, 0.25) is 5.95 Å². The van der Waals surface area contributed by atoms with Crippen LogP contribution in [0.3, 0.4) is 0 Å². The van der Waals surface area contributed by atoms with Gasteiger partial charge in [-0.2, -0.15) is 0 Å². The van der Waals surface area contributed by atoms with Gasteiger partial charge in [0.15, 0.2) is 0 Å². The summed E-state index contributed by atoms with van der Waals surface area (Å²) in [6.07, 6.45) is 6.85.